The van der Waals surface area contributed by atoms with Crippen molar-refractivity contribution in [3.63, 3.8) is 0 Å². The molecule has 1 aromatic rings. The molecule has 0 spiro atoms. The Labute approximate surface area is 99.8 Å². The van der Waals surface area contributed by atoms with Gasteiger partial charge in [0.05, 0.1) is 4.92 Å². The summed E-state index contributed by atoms with van der Waals surface area (Å²) < 4.78 is 0. The standard InChI is InChI=1S/C12H16N2O3/c15-8-2-6-13-7-5-11-10(9-13)3-1-4-12(11)14(16)17/h1,3-4,15H,2,5-9H2. The molecule has 0 amide bonds. The molecule has 0 bridgehead atoms. The van der Waals surface area contributed by atoms with Crippen LogP contribution in [0, 0.1) is 10.1 Å². The van der Waals surface area contributed by atoms with Gasteiger partial charge < -0.3 is 5.11 Å². The maximum Gasteiger partial charge on any atom is 0.272 e. The van der Waals surface area contributed by atoms with E-state index in [2.05, 4.69) is 4.90 Å². The van der Waals surface area contributed by atoms with Crippen molar-refractivity contribution < 1.29 is 10.0 Å². The Morgan fingerprint density at radius 2 is 2.29 bits per heavy atom. The first kappa shape index (κ1) is 12.0. The first-order chi connectivity index (χ1) is 8.22. The predicted octanol–water partition coefficient (Wildman–Crippen LogP) is 1.34. The molecule has 0 radical (unpaired) electrons. The van der Waals surface area contributed by atoms with E-state index in [1.54, 1.807) is 12.1 Å². The minimum atomic E-state index is -0.303. The Morgan fingerprint density at radius 1 is 1.47 bits per heavy atom. The highest BCUT2D eigenvalue weighted by molar-refractivity contribution is 5.46. The monoisotopic (exact) mass is 236 g/mol. The van der Waals surface area contributed by atoms with Crippen LogP contribution in [0.1, 0.15) is 17.5 Å². The molecule has 1 heterocycles. The zero-order chi connectivity index (χ0) is 12.3. The molecule has 0 fully saturated rings. The van der Waals surface area contributed by atoms with Crippen LogP contribution in [-0.4, -0.2) is 34.6 Å². The van der Waals surface area contributed by atoms with Gasteiger partial charge in [-0.3, -0.25) is 15.0 Å². The van der Waals surface area contributed by atoms with Gasteiger partial charge in [0, 0.05) is 37.9 Å². The quantitative estimate of drug-likeness (QED) is 0.632. The van der Waals surface area contributed by atoms with Crippen molar-refractivity contribution in [1.29, 1.82) is 0 Å². The van der Waals surface area contributed by atoms with Gasteiger partial charge in [-0.05, 0) is 18.4 Å². The summed E-state index contributed by atoms with van der Waals surface area (Å²) in [5.74, 6) is 0. The second-order valence-electron chi connectivity index (χ2n) is 4.28. The molecule has 1 N–H and O–H groups in total. The maximum atomic E-state index is 10.9. The molecule has 0 atom stereocenters. The van der Waals surface area contributed by atoms with Gasteiger partial charge in [0.2, 0.25) is 0 Å². The third kappa shape index (κ3) is 2.62. The number of nitro groups is 1. The third-order valence-corrected chi connectivity index (χ3v) is 3.15. The smallest absolute Gasteiger partial charge is 0.272 e. The Bertz CT molecular complexity index is 420. The normalized spacial score (nSPS) is 15.6. The number of fused-ring (bicyclic) bond motifs is 1. The minimum Gasteiger partial charge on any atom is -0.396 e. The lowest BCUT2D eigenvalue weighted by molar-refractivity contribution is -0.385. The lowest BCUT2D eigenvalue weighted by Gasteiger charge is -2.28. The van der Waals surface area contributed by atoms with E-state index in [9.17, 15) is 10.1 Å². The molecule has 1 aliphatic heterocycles. The summed E-state index contributed by atoms with van der Waals surface area (Å²) in [6.45, 7) is 2.62. The van der Waals surface area contributed by atoms with Crippen molar-refractivity contribution in [2.45, 2.75) is 19.4 Å². The van der Waals surface area contributed by atoms with Crippen LogP contribution < -0.4 is 0 Å². The zero-order valence-electron chi connectivity index (χ0n) is 9.63. The summed E-state index contributed by atoms with van der Waals surface area (Å²) in [5, 5.41) is 19.7. The van der Waals surface area contributed by atoms with E-state index in [0.717, 1.165) is 43.6 Å². The number of aliphatic hydroxyl groups excluding tert-OH is 1. The number of nitro benzene ring substituents is 1. The summed E-state index contributed by atoms with van der Waals surface area (Å²) in [7, 11) is 0. The van der Waals surface area contributed by atoms with Crippen LogP contribution in [-0.2, 0) is 13.0 Å². The van der Waals surface area contributed by atoms with Crippen molar-refractivity contribution in [1.82, 2.24) is 4.90 Å². The molecular weight excluding hydrogens is 220 g/mol. The molecule has 92 valence electrons. The number of aliphatic hydroxyl groups is 1. The largest absolute Gasteiger partial charge is 0.396 e. The summed E-state index contributed by atoms with van der Waals surface area (Å²) in [5.41, 5.74) is 2.16. The molecule has 5 heteroatoms. The van der Waals surface area contributed by atoms with Crippen molar-refractivity contribution >= 4 is 5.69 Å². The van der Waals surface area contributed by atoms with Gasteiger partial charge in [0.15, 0.2) is 0 Å². The van der Waals surface area contributed by atoms with E-state index in [1.807, 2.05) is 6.07 Å². The lowest BCUT2D eigenvalue weighted by Crippen LogP contribution is -2.32. The first-order valence-corrected chi connectivity index (χ1v) is 5.80. The zero-order valence-corrected chi connectivity index (χ0v) is 9.63. The van der Waals surface area contributed by atoms with E-state index in [4.69, 9.17) is 5.11 Å². The fourth-order valence-electron chi connectivity index (χ4n) is 2.30. The van der Waals surface area contributed by atoms with Crippen LogP contribution in [0.2, 0.25) is 0 Å². The molecule has 2 rings (SSSR count). The molecule has 5 nitrogen and oxygen atoms in total. The van der Waals surface area contributed by atoms with Gasteiger partial charge in [-0.2, -0.15) is 0 Å². The van der Waals surface area contributed by atoms with Gasteiger partial charge in [-0.1, -0.05) is 12.1 Å². The molecule has 0 aromatic heterocycles. The van der Waals surface area contributed by atoms with Crippen molar-refractivity contribution in [2.75, 3.05) is 19.7 Å². The molecule has 0 saturated heterocycles. The Morgan fingerprint density at radius 3 is 3.00 bits per heavy atom. The van der Waals surface area contributed by atoms with Crippen LogP contribution in [0.3, 0.4) is 0 Å². The van der Waals surface area contributed by atoms with Gasteiger partial charge in [0.1, 0.15) is 0 Å². The summed E-state index contributed by atoms with van der Waals surface area (Å²) in [6.07, 6.45) is 1.47. The molecule has 0 saturated carbocycles. The highest BCUT2D eigenvalue weighted by atomic mass is 16.6. The molecule has 0 unspecified atom stereocenters. The number of benzene rings is 1. The summed E-state index contributed by atoms with van der Waals surface area (Å²) >= 11 is 0. The van der Waals surface area contributed by atoms with E-state index in [0.29, 0.717) is 0 Å². The van der Waals surface area contributed by atoms with E-state index in [-0.39, 0.29) is 17.2 Å². The minimum absolute atomic E-state index is 0.193. The fraction of sp³-hybridized carbons (Fsp3) is 0.500. The first-order valence-electron chi connectivity index (χ1n) is 5.80. The summed E-state index contributed by atoms with van der Waals surface area (Å²) in [4.78, 5) is 12.8. The molecule has 17 heavy (non-hydrogen) atoms. The Balaban J connectivity index is 2.16. The van der Waals surface area contributed by atoms with Crippen LogP contribution in [0.25, 0.3) is 0 Å². The topological polar surface area (TPSA) is 66.6 Å². The van der Waals surface area contributed by atoms with Crippen LogP contribution in [0.4, 0.5) is 5.69 Å². The van der Waals surface area contributed by atoms with Crippen LogP contribution in [0.15, 0.2) is 18.2 Å². The van der Waals surface area contributed by atoms with Gasteiger partial charge >= 0.3 is 0 Å². The average Bonchev–Trinajstić information content (AvgIpc) is 2.35. The van der Waals surface area contributed by atoms with Gasteiger partial charge in [-0.25, -0.2) is 0 Å². The number of nitrogens with zero attached hydrogens (tertiary/aromatic N) is 2. The van der Waals surface area contributed by atoms with Crippen molar-refractivity contribution in [3.05, 3.63) is 39.4 Å². The fourth-order valence-corrected chi connectivity index (χ4v) is 2.30. The second kappa shape index (κ2) is 5.25. The Kier molecular flexibility index (Phi) is 3.71. The number of hydrogen-bond donors (Lipinski definition) is 1. The van der Waals surface area contributed by atoms with E-state index >= 15 is 0 Å². The lowest BCUT2D eigenvalue weighted by atomic mass is 9.98. The second-order valence-corrected chi connectivity index (χ2v) is 4.28. The van der Waals surface area contributed by atoms with Crippen LogP contribution in [0.5, 0.6) is 0 Å². The maximum absolute atomic E-state index is 10.9. The molecular formula is C12H16N2O3. The number of hydrogen-bond acceptors (Lipinski definition) is 4. The van der Waals surface area contributed by atoms with Gasteiger partial charge in [-0.15, -0.1) is 0 Å². The molecule has 1 aromatic carbocycles. The van der Waals surface area contributed by atoms with E-state index in [1.165, 1.54) is 0 Å². The highest BCUT2D eigenvalue weighted by Crippen LogP contribution is 2.27. The third-order valence-electron chi connectivity index (χ3n) is 3.15. The average molecular weight is 236 g/mol. The van der Waals surface area contributed by atoms with Crippen molar-refractivity contribution in [2.24, 2.45) is 0 Å². The summed E-state index contributed by atoms with van der Waals surface area (Å²) in [6, 6.07) is 5.27. The molecule has 0 aliphatic carbocycles. The highest BCUT2D eigenvalue weighted by Gasteiger charge is 2.23. The number of rotatable bonds is 4. The molecule has 1 aliphatic rings. The van der Waals surface area contributed by atoms with Crippen molar-refractivity contribution in [3.8, 4) is 0 Å². The Hall–Kier alpha value is -1.46. The van der Waals surface area contributed by atoms with Crippen LogP contribution >= 0.6 is 0 Å². The van der Waals surface area contributed by atoms with Gasteiger partial charge in [0.25, 0.3) is 5.69 Å². The predicted molar refractivity (Wildman–Crippen MR) is 63.8 cm³/mol. The SMILES string of the molecule is O=[N+]([O-])c1cccc2c1CCN(CCCO)C2. The van der Waals surface area contributed by atoms with E-state index < -0.39 is 0 Å².